The predicted molar refractivity (Wildman–Crippen MR) is 184 cm³/mol. The number of primary amides is 1. The monoisotopic (exact) mass is 681 g/mol. The first-order valence-corrected chi connectivity index (χ1v) is 19.3. The molecule has 1 aromatic heterocycles. The van der Waals surface area contributed by atoms with Gasteiger partial charge in [0.1, 0.15) is 10.8 Å². The Balaban J connectivity index is 1.33. The number of Topliss-reactive ketones (excluding diaryl/α,β-unsaturated/α-hetero) is 3. The second kappa shape index (κ2) is 14.2. The standard InChI is InChI=1S/C38H55N3O6S/c1-36(2,3)27(20-26(42)21-38(15-8-6-9-16-38)23-48(47)30-14-7-10-17-40-30)35(46)41-22-28-31(37(28,4)5)32(41)29(43)19-25(33(44)34(39)45)18-24-12-11-13-24/h7,10,14,17,24-25,27-28,31-32H,6,8-9,11-13,15-16,18-23H2,1-5H3,(H2,39,45)/t25?,27-,28?,31+,32-,48?/m1/s1. The molecule has 4 aliphatic rings. The summed E-state index contributed by atoms with van der Waals surface area (Å²) in [4.78, 5) is 73.4. The van der Waals surface area contributed by atoms with Crippen LogP contribution in [-0.4, -0.2) is 61.6 Å². The molecule has 0 bridgehead atoms. The van der Waals surface area contributed by atoms with E-state index in [0.29, 0.717) is 29.7 Å². The van der Waals surface area contributed by atoms with Gasteiger partial charge in [0.15, 0.2) is 5.78 Å². The third kappa shape index (κ3) is 7.84. The van der Waals surface area contributed by atoms with Crippen molar-refractivity contribution in [3.63, 3.8) is 0 Å². The van der Waals surface area contributed by atoms with E-state index in [1.54, 1.807) is 23.2 Å². The maximum Gasteiger partial charge on any atom is 0.285 e. The van der Waals surface area contributed by atoms with Crippen LogP contribution in [0.3, 0.4) is 0 Å². The number of ketones is 3. The van der Waals surface area contributed by atoms with Crippen molar-refractivity contribution in [2.75, 3.05) is 12.3 Å². The highest BCUT2D eigenvalue weighted by atomic mass is 32.2. The molecule has 1 saturated heterocycles. The van der Waals surface area contributed by atoms with E-state index < -0.39 is 51.2 Å². The molecule has 5 rings (SSSR count). The molecule has 2 amide bonds. The number of carbonyl (C=O) groups is 5. The summed E-state index contributed by atoms with van der Waals surface area (Å²) in [5, 5.41) is 0.524. The van der Waals surface area contributed by atoms with E-state index in [4.69, 9.17) is 5.73 Å². The number of rotatable bonds is 15. The lowest BCUT2D eigenvalue weighted by Crippen LogP contribution is -2.51. The second-order valence-electron chi connectivity index (χ2n) is 17.1. The van der Waals surface area contributed by atoms with Crippen molar-refractivity contribution < 1.29 is 28.2 Å². The van der Waals surface area contributed by atoms with Crippen LogP contribution in [0.25, 0.3) is 0 Å². The molecule has 264 valence electrons. The third-order valence-corrected chi connectivity index (χ3v) is 13.9. The molecule has 10 heteroatoms. The van der Waals surface area contributed by atoms with Crippen molar-refractivity contribution in [1.82, 2.24) is 9.88 Å². The number of likely N-dealkylation sites (tertiary alicyclic amines) is 1. The normalized spacial score (nSPS) is 26.4. The highest BCUT2D eigenvalue weighted by Gasteiger charge is 2.69. The maximum atomic E-state index is 14.5. The average molecular weight is 682 g/mol. The fourth-order valence-corrected chi connectivity index (χ4v) is 10.6. The number of piperidine rings is 1. The van der Waals surface area contributed by atoms with Gasteiger partial charge in [0.2, 0.25) is 11.7 Å². The number of nitrogens with two attached hydrogens (primary N) is 1. The smallest absolute Gasteiger partial charge is 0.285 e. The van der Waals surface area contributed by atoms with Crippen LogP contribution in [0.5, 0.6) is 0 Å². The topological polar surface area (TPSA) is 145 Å². The third-order valence-electron chi connectivity index (χ3n) is 12.3. The summed E-state index contributed by atoms with van der Waals surface area (Å²) in [6, 6.07) is 4.69. The molecule has 6 atom stereocenters. The van der Waals surface area contributed by atoms with Crippen LogP contribution in [0.1, 0.15) is 112 Å². The van der Waals surface area contributed by atoms with Gasteiger partial charge >= 0.3 is 0 Å². The molecular weight excluding hydrogens is 627 g/mol. The van der Waals surface area contributed by atoms with Crippen molar-refractivity contribution in [3.05, 3.63) is 24.4 Å². The summed E-state index contributed by atoms with van der Waals surface area (Å²) in [6.45, 7) is 10.6. The minimum Gasteiger partial charge on any atom is -0.363 e. The van der Waals surface area contributed by atoms with Gasteiger partial charge in [-0.25, -0.2) is 4.98 Å². The van der Waals surface area contributed by atoms with Crippen LogP contribution in [-0.2, 0) is 34.8 Å². The number of hydrogen-bond acceptors (Lipinski definition) is 7. The Bertz CT molecular complexity index is 1430. The first-order valence-electron chi connectivity index (χ1n) is 18.0. The molecule has 1 aromatic rings. The van der Waals surface area contributed by atoms with E-state index in [0.717, 1.165) is 51.4 Å². The fourth-order valence-electron chi connectivity index (χ4n) is 9.05. The molecule has 9 nitrogen and oxygen atoms in total. The molecule has 0 aromatic carbocycles. The molecule has 0 spiro atoms. The van der Waals surface area contributed by atoms with E-state index in [1.165, 1.54) is 0 Å². The lowest BCUT2D eigenvalue weighted by Gasteiger charge is -2.39. The van der Waals surface area contributed by atoms with Gasteiger partial charge < -0.3 is 10.6 Å². The number of carbonyl (C=O) groups excluding carboxylic acids is 5. The number of fused-ring (bicyclic) bond motifs is 1. The zero-order chi connectivity index (χ0) is 35.0. The van der Waals surface area contributed by atoms with E-state index >= 15 is 0 Å². The lowest BCUT2D eigenvalue weighted by atomic mass is 9.70. The Morgan fingerprint density at radius 2 is 1.71 bits per heavy atom. The van der Waals surface area contributed by atoms with Crippen LogP contribution in [0.2, 0.25) is 0 Å². The highest BCUT2D eigenvalue weighted by molar-refractivity contribution is 7.85. The first-order chi connectivity index (χ1) is 22.5. The number of aromatic nitrogens is 1. The maximum absolute atomic E-state index is 14.5. The van der Waals surface area contributed by atoms with Gasteiger partial charge in [0.05, 0.1) is 16.8 Å². The number of pyridine rings is 1. The van der Waals surface area contributed by atoms with Crippen LogP contribution >= 0.6 is 0 Å². The van der Waals surface area contributed by atoms with E-state index in [9.17, 15) is 28.2 Å². The molecule has 4 fully saturated rings. The molecule has 0 radical (unpaired) electrons. The number of hydrogen-bond donors (Lipinski definition) is 1. The molecular formula is C38H55N3O6S. The average Bonchev–Trinajstić information content (AvgIpc) is 3.32. The van der Waals surface area contributed by atoms with Gasteiger partial charge in [-0.2, -0.15) is 0 Å². The largest absolute Gasteiger partial charge is 0.363 e. The van der Waals surface area contributed by atoms with Crippen molar-refractivity contribution in [1.29, 1.82) is 0 Å². The summed E-state index contributed by atoms with van der Waals surface area (Å²) in [7, 11) is -1.34. The van der Waals surface area contributed by atoms with Gasteiger partial charge in [-0.1, -0.05) is 79.2 Å². The minimum atomic E-state index is -1.34. The Morgan fingerprint density at radius 1 is 1.02 bits per heavy atom. The highest BCUT2D eigenvalue weighted by Crippen LogP contribution is 2.65. The summed E-state index contributed by atoms with van der Waals surface area (Å²) >= 11 is 0. The van der Waals surface area contributed by atoms with E-state index in [2.05, 4.69) is 18.8 Å². The molecule has 3 unspecified atom stereocenters. The zero-order valence-electron chi connectivity index (χ0n) is 29.5. The van der Waals surface area contributed by atoms with Gasteiger partial charge in [0, 0.05) is 49.6 Å². The molecule has 2 N–H and O–H groups in total. The van der Waals surface area contributed by atoms with Gasteiger partial charge in [-0.05, 0) is 65.4 Å². The Kier molecular flexibility index (Phi) is 10.8. The molecule has 2 heterocycles. The van der Waals surface area contributed by atoms with E-state index in [1.807, 2.05) is 26.8 Å². The molecule has 1 aliphatic heterocycles. The van der Waals surface area contributed by atoms with Crippen molar-refractivity contribution in [3.8, 4) is 0 Å². The number of amides is 2. The second-order valence-corrected chi connectivity index (χ2v) is 18.5. The summed E-state index contributed by atoms with van der Waals surface area (Å²) in [5.41, 5.74) is 4.35. The Hall–Kier alpha value is -2.75. The van der Waals surface area contributed by atoms with Gasteiger partial charge in [-0.15, -0.1) is 0 Å². The van der Waals surface area contributed by atoms with Crippen molar-refractivity contribution in [2.24, 2.45) is 51.6 Å². The van der Waals surface area contributed by atoms with Crippen LogP contribution in [0.15, 0.2) is 29.4 Å². The molecule has 3 saturated carbocycles. The number of nitrogens with zero attached hydrogens (tertiary/aromatic N) is 2. The van der Waals surface area contributed by atoms with Crippen LogP contribution < -0.4 is 5.73 Å². The zero-order valence-corrected chi connectivity index (χ0v) is 30.3. The lowest BCUT2D eigenvalue weighted by molar-refractivity contribution is -0.148. The summed E-state index contributed by atoms with van der Waals surface area (Å²) in [6.07, 6.45) is 10.0. The summed E-state index contributed by atoms with van der Waals surface area (Å²) < 4.78 is 13.4. The summed E-state index contributed by atoms with van der Waals surface area (Å²) in [5.74, 6) is -2.67. The van der Waals surface area contributed by atoms with Gasteiger partial charge in [0.25, 0.3) is 5.91 Å². The first kappa shape index (κ1) is 36.5. The predicted octanol–water partition coefficient (Wildman–Crippen LogP) is 5.45. The van der Waals surface area contributed by atoms with E-state index in [-0.39, 0.29) is 54.0 Å². The van der Waals surface area contributed by atoms with Crippen LogP contribution in [0, 0.1) is 45.8 Å². The fraction of sp³-hybridized carbons (Fsp3) is 0.737. The van der Waals surface area contributed by atoms with Crippen LogP contribution in [0.4, 0.5) is 0 Å². The van der Waals surface area contributed by atoms with Gasteiger partial charge in [-0.3, -0.25) is 28.2 Å². The molecule has 3 aliphatic carbocycles. The Morgan fingerprint density at radius 3 is 2.27 bits per heavy atom. The quantitative estimate of drug-likeness (QED) is 0.242. The minimum absolute atomic E-state index is 0.0108. The SMILES string of the molecule is CC(C)(C)[C@H](CC(=O)CC1(CS(=O)c2ccccn2)CCCCC1)C(=O)N1CC2[C@@H]([C@H]1C(=O)CC(CC1CCC1)C(=O)C(N)=O)C2(C)C. The van der Waals surface area contributed by atoms with Crippen molar-refractivity contribution in [2.45, 2.75) is 123 Å². The van der Waals surface area contributed by atoms with Crippen molar-refractivity contribution >= 4 is 40.0 Å². The Labute approximate surface area is 288 Å². The molecule has 48 heavy (non-hydrogen) atoms.